The van der Waals surface area contributed by atoms with Crippen molar-refractivity contribution in [3.8, 4) is 0 Å². The summed E-state index contributed by atoms with van der Waals surface area (Å²) in [4.78, 5) is 25.2. The summed E-state index contributed by atoms with van der Waals surface area (Å²) in [6.45, 7) is 9.79. The van der Waals surface area contributed by atoms with E-state index >= 15 is 0 Å². The number of urea groups is 1. The number of nitrogens with zero attached hydrogens (tertiary/aromatic N) is 1. The van der Waals surface area contributed by atoms with Gasteiger partial charge in [-0.2, -0.15) is 0 Å². The van der Waals surface area contributed by atoms with Crippen LogP contribution in [0.3, 0.4) is 0 Å². The molecule has 30 heavy (non-hydrogen) atoms. The minimum atomic E-state index is -0.942. The van der Waals surface area contributed by atoms with E-state index in [0.717, 1.165) is 16.7 Å². The first-order chi connectivity index (χ1) is 13.9. The van der Waals surface area contributed by atoms with Gasteiger partial charge in [0.2, 0.25) is 0 Å². The van der Waals surface area contributed by atoms with E-state index in [4.69, 9.17) is 16.7 Å². The highest BCUT2D eigenvalue weighted by molar-refractivity contribution is 6.31. The van der Waals surface area contributed by atoms with Crippen LogP contribution in [0.5, 0.6) is 0 Å². The molecule has 2 amide bonds. The van der Waals surface area contributed by atoms with Gasteiger partial charge in [-0.25, -0.2) is 4.79 Å². The van der Waals surface area contributed by atoms with E-state index in [1.54, 1.807) is 20.0 Å². The standard InChI is InChI=1S/C23H33ClN2O4/c1-6-23(17-8-7-16(19(24)13-17)9-11-22(4,5)30)18(15(2)3)14-26(21(29)25-23)12-10-20(27)28/h7-8,13-15,30H,6,9-12H2,1-5H3,(H,25,29)(H,27,28)/t23-/m0/s1. The number of aliphatic carboxylic acids is 1. The lowest BCUT2D eigenvalue weighted by atomic mass is 9.75. The summed E-state index contributed by atoms with van der Waals surface area (Å²) in [5, 5.41) is 22.7. The largest absolute Gasteiger partial charge is 0.481 e. The quantitative estimate of drug-likeness (QED) is 0.523. The second-order valence-corrected chi connectivity index (χ2v) is 9.29. The molecule has 6 nitrogen and oxygen atoms in total. The minimum Gasteiger partial charge on any atom is -0.481 e. The molecular formula is C23H33ClN2O4. The van der Waals surface area contributed by atoms with E-state index in [0.29, 0.717) is 24.3 Å². The molecule has 0 aromatic heterocycles. The molecule has 2 rings (SSSR count). The Labute approximate surface area is 183 Å². The molecule has 0 unspecified atom stereocenters. The summed E-state index contributed by atoms with van der Waals surface area (Å²) >= 11 is 6.58. The first-order valence-electron chi connectivity index (χ1n) is 10.4. The van der Waals surface area contributed by atoms with Crippen LogP contribution in [0, 0.1) is 5.92 Å². The zero-order chi connectivity index (χ0) is 22.7. The zero-order valence-electron chi connectivity index (χ0n) is 18.5. The van der Waals surface area contributed by atoms with Crippen LogP contribution in [0.4, 0.5) is 4.79 Å². The Bertz CT molecular complexity index is 829. The molecule has 0 saturated heterocycles. The number of hydrogen-bond donors (Lipinski definition) is 3. The summed E-state index contributed by atoms with van der Waals surface area (Å²) in [5.41, 5.74) is 1.39. The fourth-order valence-corrected chi connectivity index (χ4v) is 4.15. The maximum atomic E-state index is 12.8. The number of rotatable bonds is 9. The van der Waals surface area contributed by atoms with Gasteiger partial charge in [-0.3, -0.25) is 4.79 Å². The molecule has 7 heteroatoms. The maximum Gasteiger partial charge on any atom is 0.322 e. The number of aliphatic hydroxyl groups is 1. The second kappa shape index (κ2) is 9.40. The van der Waals surface area contributed by atoms with Crippen molar-refractivity contribution in [3.63, 3.8) is 0 Å². The predicted molar refractivity (Wildman–Crippen MR) is 118 cm³/mol. The number of carboxylic acids is 1. The summed E-state index contributed by atoms with van der Waals surface area (Å²) < 4.78 is 0. The third kappa shape index (κ3) is 5.55. The average molecular weight is 437 g/mol. The topological polar surface area (TPSA) is 89.9 Å². The SMILES string of the molecule is CC[C@@]1(c2ccc(CCC(C)(C)O)c(Cl)c2)NC(=O)N(CCC(=O)O)C=C1C(C)C. The van der Waals surface area contributed by atoms with Crippen LogP contribution in [-0.4, -0.2) is 39.3 Å². The summed E-state index contributed by atoms with van der Waals surface area (Å²) in [5.74, 6) is -0.811. The first-order valence-corrected chi connectivity index (χ1v) is 10.8. The summed E-state index contributed by atoms with van der Waals surface area (Å²) in [6, 6.07) is 5.53. The molecular weight excluding hydrogens is 404 g/mol. The molecule has 3 N–H and O–H groups in total. The van der Waals surface area contributed by atoms with Crippen molar-refractivity contribution in [3.05, 3.63) is 46.1 Å². The molecule has 1 aliphatic rings. The van der Waals surface area contributed by atoms with Gasteiger partial charge in [0, 0.05) is 17.8 Å². The molecule has 166 valence electrons. The van der Waals surface area contributed by atoms with E-state index in [1.165, 1.54) is 4.90 Å². The van der Waals surface area contributed by atoms with Crippen molar-refractivity contribution >= 4 is 23.6 Å². The van der Waals surface area contributed by atoms with Crippen LogP contribution >= 0.6 is 11.6 Å². The van der Waals surface area contributed by atoms with E-state index in [1.807, 2.05) is 25.1 Å². The number of halogens is 1. The van der Waals surface area contributed by atoms with Gasteiger partial charge in [-0.15, -0.1) is 0 Å². The molecule has 1 heterocycles. The summed E-state index contributed by atoms with van der Waals surface area (Å²) in [6.07, 6.45) is 3.57. The van der Waals surface area contributed by atoms with E-state index in [2.05, 4.69) is 19.2 Å². The van der Waals surface area contributed by atoms with Crippen LogP contribution in [-0.2, 0) is 16.8 Å². The van der Waals surface area contributed by atoms with Crippen LogP contribution in [0.2, 0.25) is 5.02 Å². The normalized spacial score (nSPS) is 19.7. The minimum absolute atomic E-state index is 0.115. The van der Waals surface area contributed by atoms with Gasteiger partial charge in [0.1, 0.15) is 0 Å². The van der Waals surface area contributed by atoms with E-state index in [-0.39, 0.29) is 24.9 Å². The van der Waals surface area contributed by atoms with Gasteiger partial charge < -0.3 is 20.4 Å². The Morgan fingerprint density at radius 3 is 2.50 bits per heavy atom. The van der Waals surface area contributed by atoms with Crippen molar-refractivity contribution in [2.75, 3.05) is 6.54 Å². The highest BCUT2D eigenvalue weighted by atomic mass is 35.5. The molecule has 0 saturated carbocycles. The Morgan fingerprint density at radius 2 is 2.00 bits per heavy atom. The van der Waals surface area contributed by atoms with Crippen molar-refractivity contribution in [2.24, 2.45) is 5.92 Å². The molecule has 0 aliphatic carbocycles. The van der Waals surface area contributed by atoms with Crippen LogP contribution < -0.4 is 5.32 Å². The Kier molecular flexibility index (Phi) is 7.59. The summed E-state index contributed by atoms with van der Waals surface area (Å²) in [7, 11) is 0. The Balaban J connectivity index is 2.43. The van der Waals surface area contributed by atoms with Crippen molar-refractivity contribution in [1.82, 2.24) is 10.2 Å². The van der Waals surface area contributed by atoms with Gasteiger partial charge in [-0.05, 0) is 61.8 Å². The molecule has 0 bridgehead atoms. The number of carbonyl (C=O) groups is 2. The molecule has 1 atom stereocenters. The molecule has 0 radical (unpaired) electrons. The van der Waals surface area contributed by atoms with Crippen molar-refractivity contribution in [1.29, 1.82) is 0 Å². The fourth-order valence-electron chi connectivity index (χ4n) is 3.88. The third-order valence-electron chi connectivity index (χ3n) is 5.64. The zero-order valence-corrected chi connectivity index (χ0v) is 19.2. The van der Waals surface area contributed by atoms with Crippen LogP contribution in [0.15, 0.2) is 30.0 Å². The van der Waals surface area contributed by atoms with Crippen LogP contribution in [0.25, 0.3) is 0 Å². The average Bonchev–Trinajstić information content (AvgIpc) is 2.64. The van der Waals surface area contributed by atoms with E-state index in [9.17, 15) is 14.7 Å². The number of carboxylic acid groups (broad SMARTS) is 1. The number of hydrogen-bond acceptors (Lipinski definition) is 3. The van der Waals surface area contributed by atoms with Gasteiger partial charge >= 0.3 is 12.0 Å². The van der Waals surface area contributed by atoms with Crippen molar-refractivity contribution < 1.29 is 19.8 Å². The lowest BCUT2D eigenvalue weighted by molar-refractivity contribution is -0.137. The smallest absolute Gasteiger partial charge is 0.322 e. The number of carbonyl (C=O) groups excluding carboxylic acids is 1. The molecule has 0 spiro atoms. The maximum absolute atomic E-state index is 12.8. The number of nitrogens with one attached hydrogen (secondary N) is 1. The van der Waals surface area contributed by atoms with Crippen LogP contribution in [0.1, 0.15) is 65.0 Å². The second-order valence-electron chi connectivity index (χ2n) is 8.88. The highest BCUT2D eigenvalue weighted by Crippen LogP contribution is 2.41. The molecule has 1 aromatic rings. The lowest BCUT2D eigenvalue weighted by Gasteiger charge is -2.44. The number of aryl methyl sites for hydroxylation is 1. The first kappa shape index (κ1) is 24.2. The third-order valence-corrected chi connectivity index (χ3v) is 5.99. The van der Waals surface area contributed by atoms with Gasteiger partial charge in [0.05, 0.1) is 17.6 Å². The Morgan fingerprint density at radius 1 is 1.33 bits per heavy atom. The van der Waals surface area contributed by atoms with Gasteiger partial charge in [-0.1, -0.05) is 44.5 Å². The fraction of sp³-hybridized carbons (Fsp3) is 0.565. The number of benzene rings is 1. The molecule has 0 fully saturated rings. The lowest BCUT2D eigenvalue weighted by Crippen LogP contribution is -2.56. The van der Waals surface area contributed by atoms with Crippen molar-refractivity contribution in [2.45, 2.75) is 71.4 Å². The predicted octanol–water partition coefficient (Wildman–Crippen LogP) is 4.69. The van der Waals surface area contributed by atoms with E-state index < -0.39 is 17.1 Å². The Hall–Kier alpha value is -2.05. The monoisotopic (exact) mass is 436 g/mol. The molecule has 1 aromatic carbocycles. The van der Waals surface area contributed by atoms with Gasteiger partial charge in [0.25, 0.3) is 0 Å². The van der Waals surface area contributed by atoms with Gasteiger partial charge in [0.15, 0.2) is 0 Å². The highest BCUT2D eigenvalue weighted by Gasteiger charge is 2.42. The molecule has 1 aliphatic heterocycles. The number of amides is 2.